The monoisotopic (exact) mass is 372 g/mol. The third kappa shape index (κ3) is 6.66. The number of ether oxygens (including phenoxy) is 1. The molecule has 0 spiro atoms. The minimum Gasteiger partial charge on any atom is -0.491 e. The molecule has 0 aromatic heterocycles. The second kappa shape index (κ2) is 10.2. The molecular weight excluding hydrogens is 349 g/mol. The van der Waals surface area contributed by atoms with Crippen LogP contribution in [0.15, 0.2) is 91.1 Å². The van der Waals surface area contributed by atoms with Crippen molar-refractivity contribution in [2.45, 2.75) is 13.8 Å². The van der Waals surface area contributed by atoms with Gasteiger partial charge in [0.25, 0.3) is 0 Å². The fourth-order valence-electron chi connectivity index (χ4n) is 1.93. The van der Waals surface area contributed by atoms with Gasteiger partial charge >= 0.3 is 0 Å². The van der Waals surface area contributed by atoms with E-state index in [0.29, 0.717) is 23.3 Å². The van der Waals surface area contributed by atoms with Crippen molar-refractivity contribution in [3.05, 3.63) is 114 Å². The first kappa shape index (κ1) is 22.0. The molecule has 0 bridgehead atoms. The van der Waals surface area contributed by atoms with Crippen LogP contribution in [-0.2, 0) is 4.74 Å². The number of hydrogen-bond donors (Lipinski definition) is 0. The molecule has 0 fully saturated rings. The summed E-state index contributed by atoms with van der Waals surface area (Å²) in [5.41, 5.74) is 1.68. The van der Waals surface area contributed by atoms with Crippen LogP contribution in [-0.4, -0.2) is 6.61 Å². The van der Waals surface area contributed by atoms with Crippen LogP contribution < -0.4 is 0 Å². The maximum Gasteiger partial charge on any atom is 0.166 e. The molecule has 1 nitrogen and oxygen atoms in total. The molecular formula is C23H23F3O. The maximum atomic E-state index is 13.8. The van der Waals surface area contributed by atoms with Gasteiger partial charge in [-0.15, -0.1) is 0 Å². The Kier molecular flexibility index (Phi) is 8.34. The van der Waals surface area contributed by atoms with Gasteiger partial charge < -0.3 is 4.74 Å². The minimum absolute atomic E-state index is 0.0740. The van der Waals surface area contributed by atoms with Crippen LogP contribution in [0.25, 0.3) is 6.08 Å². The molecule has 0 radical (unpaired) electrons. The average Bonchev–Trinajstić information content (AvgIpc) is 2.63. The van der Waals surface area contributed by atoms with Crippen molar-refractivity contribution < 1.29 is 17.9 Å². The average molecular weight is 372 g/mol. The molecule has 1 rings (SSSR count). The van der Waals surface area contributed by atoms with Crippen LogP contribution >= 0.6 is 0 Å². The van der Waals surface area contributed by atoms with E-state index in [1.54, 1.807) is 19.1 Å². The first-order valence-corrected chi connectivity index (χ1v) is 8.24. The number of hydrogen-bond acceptors (Lipinski definition) is 1. The van der Waals surface area contributed by atoms with Crippen LogP contribution in [0.5, 0.6) is 0 Å². The molecule has 0 amide bonds. The van der Waals surface area contributed by atoms with Gasteiger partial charge in [-0.2, -0.15) is 0 Å². The molecule has 0 saturated heterocycles. The van der Waals surface area contributed by atoms with E-state index in [1.807, 2.05) is 0 Å². The van der Waals surface area contributed by atoms with Gasteiger partial charge in [-0.25, -0.2) is 13.2 Å². The summed E-state index contributed by atoms with van der Waals surface area (Å²) >= 11 is 0. The van der Waals surface area contributed by atoms with Crippen LogP contribution in [0.4, 0.5) is 13.2 Å². The van der Waals surface area contributed by atoms with E-state index in [4.69, 9.17) is 4.74 Å². The van der Waals surface area contributed by atoms with Crippen molar-refractivity contribution in [2.24, 2.45) is 0 Å². The lowest BCUT2D eigenvalue weighted by atomic mass is 10.1. The Morgan fingerprint density at radius 1 is 1.00 bits per heavy atom. The number of halogens is 3. The van der Waals surface area contributed by atoms with Crippen LogP contribution in [0.3, 0.4) is 0 Å². The second-order valence-electron chi connectivity index (χ2n) is 5.74. The standard InChI is InChI=1S/C23H23F3O/c1-7-27-19(6)21(24)14-18(5)16(3)10-8-15(2)9-12-20-13-11-17(4)22(25)23(20)26/h8-14H,2-3,5-7H2,1,4H3/b10-8-,12-9+,21-14+. The largest absolute Gasteiger partial charge is 0.491 e. The van der Waals surface area contributed by atoms with Gasteiger partial charge in [-0.1, -0.05) is 62.8 Å². The summed E-state index contributed by atoms with van der Waals surface area (Å²) in [6.07, 6.45) is 7.33. The predicted octanol–water partition coefficient (Wildman–Crippen LogP) is 6.91. The van der Waals surface area contributed by atoms with Gasteiger partial charge in [0.2, 0.25) is 0 Å². The van der Waals surface area contributed by atoms with Gasteiger partial charge in [0.05, 0.1) is 6.61 Å². The second-order valence-corrected chi connectivity index (χ2v) is 5.74. The summed E-state index contributed by atoms with van der Waals surface area (Å²) in [6, 6.07) is 2.99. The zero-order valence-electron chi connectivity index (χ0n) is 15.6. The molecule has 0 aliphatic rings. The summed E-state index contributed by atoms with van der Waals surface area (Å²) in [7, 11) is 0. The van der Waals surface area contributed by atoms with Gasteiger partial charge in [-0.3, -0.25) is 0 Å². The van der Waals surface area contributed by atoms with E-state index in [2.05, 4.69) is 26.3 Å². The van der Waals surface area contributed by atoms with Crippen molar-refractivity contribution >= 4 is 6.08 Å². The zero-order valence-corrected chi connectivity index (χ0v) is 15.6. The number of rotatable bonds is 9. The molecule has 1 aromatic rings. The molecule has 27 heavy (non-hydrogen) atoms. The van der Waals surface area contributed by atoms with Crippen molar-refractivity contribution in [3.8, 4) is 0 Å². The number of benzene rings is 1. The number of aryl methyl sites for hydroxylation is 1. The fraction of sp³-hybridized carbons (Fsp3) is 0.130. The van der Waals surface area contributed by atoms with Crippen LogP contribution in [0.2, 0.25) is 0 Å². The highest BCUT2D eigenvalue weighted by Gasteiger charge is 2.08. The molecule has 0 saturated carbocycles. The van der Waals surface area contributed by atoms with Gasteiger partial charge in [-0.05, 0) is 42.2 Å². The van der Waals surface area contributed by atoms with E-state index in [9.17, 15) is 13.2 Å². The highest BCUT2D eigenvalue weighted by Crippen LogP contribution is 2.19. The summed E-state index contributed by atoms with van der Waals surface area (Å²) < 4.78 is 46.2. The van der Waals surface area contributed by atoms with E-state index in [1.165, 1.54) is 37.3 Å². The van der Waals surface area contributed by atoms with E-state index >= 15 is 0 Å². The van der Waals surface area contributed by atoms with Crippen molar-refractivity contribution in [3.63, 3.8) is 0 Å². The lowest BCUT2D eigenvalue weighted by Crippen LogP contribution is -1.92. The lowest BCUT2D eigenvalue weighted by molar-refractivity contribution is 0.226. The molecule has 0 atom stereocenters. The van der Waals surface area contributed by atoms with Crippen molar-refractivity contribution in [2.75, 3.05) is 6.61 Å². The molecule has 0 heterocycles. The number of allylic oxidation sites excluding steroid dienone is 8. The van der Waals surface area contributed by atoms with E-state index in [0.717, 1.165) is 0 Å². The molecule has 0 aliphatic carbocycles. The van der Waals surface area contributed by atoms with Gasteiger partial charge in [0.1, 0.15) is 5.76 Å². The fourth-order valence-corrected chi connectivity index (χ4v) is 1.93. The first-order chi connectivity index (χ1) is 12.7. The summed E-state index contributed by atoms with van der Waals surface area (Å²) in [5.74, 6) is -2.48. The zero-order chi connectivity index (χ0) is 20.6. The van der Waals surface area contributed by atoms with Crippen LogP contribution in [0, 0.1) is 18.6 Å². The Hall–Kier alpha value is -3.01. The topological polar surface area (TPSA) is 9.23 Å². The molecule has 0 N–H and O–H groups in total. The molecule has 142 valence electrons. The molecule has 1 aromatic carbocycles. The van der Waals surface area contributed by atoms with Crippen molar-refractivity contribution in [1.82, 2.24) is 0 Å². The highest BCUT2D eigenvalue weighted by molar-refractivity contribution is 5.56. The molecule has 4 heteroatoms. The van der Waals surface area contributed by atoms with E-state index < -0.39 is 17.5 Å². The Balaban J connectivity index is 2.76. The Morgan fingerprint density at radius 2 is 1.67 bits per heavy atom. The van der Waals surface area contributed by atoms with Crippen molar-refractivity contribution in [1.29, 1.82) is 0 Å². The predicted molar refractivity (Wildman–Crippen MR) is 107 cm³/mol. The SMILES string of the molecule is C=C(/C=C\C(=C)C(=C)/C=C(/F)C(=C)OCC)/C=C/c1ccc(C)c(F)c1F. The lowest BCUT2D eigenvalue weighted by Gasteiger charge is -2.05. The smallest absolute Gasteiger partial charge is 0.166 e. The highest BCUT2D eigenvalue weighted by atomic mass is 19.2. The Morgan fingerprint density at radius 3 is 2.30 bits per heavy atom. The van der Waals surface area contributed by atoms with Crippen LogP contribution in [0.1, 0.15) is 18.1 Å². The third-order valence-electron chi connectivity index (χ3n) is 3.58. The molecule has 0 unspecified atom stereocenters. The first-order valence-electron chi connectivity index (χ1n) is 8.24. The quantitative estimate of drug-likeness (QED) is 0.338. The summed E-state index contributed by atoms with van der Waals surface area (Å²) in [4.78, 5) is 0. The minimum atomic E-state index is -0.907. The summed E-state index contributed by atoms with van der Waals surface area (Å²) in [6.45, 7) is 18.3. The van der Waals surface area contributed by atoms with Gasteiger partial charge in [0.15, 0.2) is 17.5 Å². The third-order valence-corrected chi connectivity index (χ3v) is 3.58. The Bertz CT molecular complexity index is 855. The normalized spacial score (nSPS) is 11.8. The van der Waals surface area contributed by atoms with Gasteiger partial charge in [0, 0.05) is 5.56 Å². The summed E-state index contributed by atoms with van der Waals surface area (Å²) in [5, 5.41) is 0. The van der Waals surface area contributed by atoms with E-state index in [-0.39, 0.29) is 16.9 Å². The maximum absolute atomic E-state index is 13.8. The molecule has 0 aliphatic heterocycles. The Labute approximate surface area is 158 Å².